The first-order chi connectivity index (χ1) is 6.15. The van der Waals surface area contributed by atoms with Gasteiger partial charge in [-0.2, -0.15) is 0 Å². The van der Waals surface area contributed by atoms with Gasteiger partial charge in [0.1, 0.15) is 11.6 Å². The molecule has 70 valence electrons. The van der Waals surface area contributed by atoms with Crippen LogP contribution in [0.2, 0.25) is 0 Å². The van der Waals surface area contributed by atoms with Crippen molar-refractivity contribution < 1.29 is 14.3 Å². The van der Waals surface area contributed by atoms with Crippen molar-refractivity contribution in [3.05, 3.63) is 29.6 Å². The maximum absolute atomic E-state index is 13.0. The van der Waals surface area contributed by atoms with E-state index in [4.69, 9.17) is 5.11 Å². The second-order valence-corrected chi connectivity index (χ2v) is 3.32. The molecule has 0 radical (unpaired) electrons. The minimum atomic E-state index is -0.594. The minimum absolute atomic E-state index is 0.0561. The Morgan fingerprint density at radius 3 is 2.85 bits per heavy atom. The van der Waals surface area contributed by atoms with E-state index in [1.54, 1.807) is 0 Å². The lowest BCUT2D eigenvalue weighted by molar-refractivity contribution is 0.0985. The molecule has 0 amide bonds. The van der Waals surface area contributed by atoms with E-state index >= 15 is 0 Å². The highest BCUT2D eigenvalue weighted by molar-refractivity contribution is 9.09. The fourth-order valence-corrected chi connectivity index (χ4v) is 1.31. The van der Waals surface area contributed by atoms with Crippen LogP contribution < -0.4 is 0 Å². The van der Waals surface area contributed by atoms with Crippen LogP contribution in [0.25, 0.3) is 0 Å². The molecule has 0 aliphatic carbocycles. The quantitative estimate of drug-likeness (QED) is 0.658. The van der Waals surface area contributed by atoms with Gasteiger partial charge in [-0.3, -0.25) is 4.79 Å². The number of carbonyl (C=O) groups is 1. The van der Waals surface area contributed by atoms with Gasteiger partial charge in [-0.15, -0.1) is 0 Å². The number of halogens is 2. The zero-order chi connectivity index (χ0) is 9.84. The number of hydrogen-bond acceptors (Lipinski definition) is 2. The number of hydrogen-bond donors (Lipinski definition) is 1. The first-order valence-electron chi connectivity index (χ1n) is 3.73. The summed E-state index contributed by atoms with van der Waals surface area (Å²) in [6.07, 6.45) is 0.223. The number of ketones is 1. The number of carbonyl (C=O) groups excluding carboxylic acids is 1. The number of phenolic OH excluding ortho intramolecular Hbond substituents is 1. The number of Topliss-reactive ketones (excluding diaryl/α,β-unsaturated/α-hetero) is 1. The highest BCUT2D eigenvalue weighted by atomic mass is 79.9. The fraction of sp³-hybridized carbons (Fsp3) is 0.222. The molecular weight excluding hydrogens is 239 g/mol. The fourth-order valence-electron chi connectivity index (χ4n) is 0.947. The van der Waals surface area contributed by atoms with Crippen molar-refractivity contribution in [1.82, 2.24) is 0 Å². The van der Waals surface area contributed by atoms with E-state index < -0.39 is 5.82 Å². The van der Waals surface area contributed by atoms with Crippen molar-refractivity contribution in [2.24, 2.45) is 0 Å². The van der Waals surface area contributed by atoms with Gasteiger partial charge in [0.25, 0.3) is 0 Å². The molecule has 0 spiro atoms. The van der Waals surface area contributed by atoms with Gasteiger partial charge in [0.05, 0.1) is 5.56 Å². The monoisotopic (exact) mass is 246 g/mol. The van der Waals surface area contributed by atoms with Crippen molar-refractivity contribution in [3.63, 3.8) is 0 Å². The van der Waals surface area contributed by atoms with Crippen LogP contribution in [0, 0.1) is 5.82 Å². The Kier molecular flexibility index (Phi) is 3.42. The van der Waals surface area contributed by atoms with Gasteiger partial charge in [0.15, 0.2) is 5.78 Å². The first-order valence-corrected chi connectivity index (χ1v) is 4.85. The Morgan fingerprint density at radius 1 is 1.54 bits per heavy atom. The molecule has 0 fully saturated rings. The third kappa shape index (κ3) is 2.52. The lowest BCUT2D eigenvalue weighted by Crippen LogP contribution is -2.02. The molecule has 0 unspecified atom stereocenters. The summed E-state index contributed by atoms with van der Waals surface area (Å²) in [5.41, 5.74) is -0.0561. The maximum Gasteiger partial charge on any atom is 0.166 e. The van der Waals surface area contributed by atoms with Crippen molar-refractivity contribution >= 4 is 21.7 Å². The van der Waals surface area contributed by atoms with Crippen LogP contribution >= 0.6 is 15.9 Å². The van der Waals surface area contributed by atoms with Gasteiger partial charge < -0.3 is 5.11 Å². The summed E-state index contributed by atoms with van der Waals surface area (Å²) in [6, 6.07) is 3.43. The number of alkyl halides is 1. The molecule has 0 aromatic heterocycles. The van der Waals surface area contributed by atoms with Gasteiger partial charge >= 0.3 is 0 Å². The van der Waals surface area contributed by atoms with Gasteiger partial charge in [-0.1, -0.05) is 15.9 Å². The second-order valence-electron chi connectivity index (χ2n) is 2.53. The van der Waals surface area contributed by atoms with Crippen LogP contribution in [-0.2, 0) is 0 Å². The minimum Gasteiger partial charge on any atom is -0.508 e. The number of aromatic hydroxyl groups is 1. The normalized spacial score (nSPS) is 10.0. The van der Waals surface area contributed by atoms with Crippen molar-refractivity contribution in [1.29, 1.82) is 0 Å². The Bertz CT molecular complexity index is 325. The van der Waals surface area contributed by atoms with Crippen LogP contribution in [-0.4, -0.2) is 16.2 Å². The highest BCUT2D eigenvalue weighted by Crippen LogP contribution is 2.17. The molecule has 1 rings (SSSR count). The Hall–Kier alpha value is -0.900. The molecule has 1 aromatic rings. The van der Waals surface area contributed by atoms with Crippen LogP contribution in [0.5, 0.6) is 5.75 Å². The summed E-state index contributed by atoms with van der Waals surface area (Å²) in [5, 5.41) is 9.51. The molecule has 0 bridgehead atoms. The SMILES string of the molecule is O=C(CCBr)c1cc(O)ccc1F. The number of rotatable bonds is 3. The van der Waals surface area contributed by atoms with Crippen LogP contribution in [0.3, 0.4) is 0 Å². The second kappa shape index (κ2) is 4.37. The topological polar surface area (TPSA) is 37.3 Å². The molecule has 0 saturated carbocycles. The van der Waals surface area contributed by atoms with Gasteiger partial charge in [0, 0.05) is 11.8 Å². The molecule has 1 aromatic carbocycles. The smallest absolute Gasteiger partial charge is 0.166 e. The average molecular weight is 247 g/mol. The summed E-state index contributed by atoms with van der Waals surface area (Å²) in [6.45, 7) is 0. The zero-order valence-corrected chi connectivity index (χ0v) is 8.34. The lowest BCUT2D eigenvalue weighted by atomic mass is 10.1. The molecular formula is C9H8BrFO2. The van der Waals surface area contributed by atoms with E-state index in [0.29, 0.717) is 5.33 Å². The van der Waals surface area contributed by atoms with Crippen LogP contribution in [0.4, 0.5) is 4.39 Å². The van der Waals surface area contributed by atoms with E-state index in [0.717, 1.165) is 12.1 Å². The highest BCUT2D eigenvalue weighted by Gasteiger charge is 2.11. The van der Waals surface area contributed by atoms with Crippen LogP contribution in [0.15, 0.2) is 18.2 Å². The summed E-state index contributed by atoms with van der Waals surface area (Å²) in [7, 11) is 0. The van der Waals surface area contributed by atoms with Crippen molar-refractivity contribution in [2.75, 3.05) is 5.33 Å². The predicted molar refractivity (Wildman–Crippen MR) is 50.8 cm³/mol. The lowest BCUT2D eigenvalue weighted by Gasteiger charge is -2.00. The third-order valence-electron chi connectivity index (χ3n) is 1.57. The molecule has 0 aliphatic heterocycles. The van der Waals surface area contributed by atoms with Gasteiger partial charge in [-0.25, -0.2) is 4.39 Å². The molecule has 2 nitrogen and oxygen atoms in total. The summed E-state index contributed by atoms with van der Waals surface area (Å²) < 4.78 is 13.0. The summed E-state index contributed by atoms with van der Waals surface area (Å²) in [4.78, 5) is 11.2. The molecule has 0 aliphatic rings. The largest absolute Gasteiger partial charge is 0.508 e. The standard InChI is InChI=1S/C9H8BrFO2/c10-4-3-9(13)7-5-6(12)1-2-8(7)11/h1-2,5,12H,3-4H2. The molecule has 13 heavy (non-hydrogen) atoms. The first kappa shape index (κ1) is 10.2. The van der Waals surface area contributed by atoms with Crippen molar-refractivity contribution in [3.8, 4) is 5.75 Å². The predicted octanol–water partition coefficient (Wildman–Crippen LogP) is 2.50. The Morgan fingerprint density at radius 2 is 2.23 bits per heavy atom. The van der Waals surface area contributed by atoms with E-state index in [1.807, 2.05) is 0 Å². The Balaban J connectivity index is 2.99. The summed E-state index contributed by atoms with van der Waals surface area (Å²) in [5.74, 6) is -1.01. The molecule has 0 saturated heterocycles. The molecule has 1 N–H and O–H groups in total. The van der Waals surface area contributed by atoms with Crippen molar-refractivity contribution in [2.45, 2.75) is 6.42 Å². The van der Waals surface area contributed by atoms with E-state index in [2.05, 4.69) is 15.9 Å². The Labute approximate surface area is 83.5 Å². The molecule has 0 atom stereocenters. The average Bonchev–Trinajstić information content (AvgIpc) is 2.09. The zero-order valence-electron chi connectivity index (χ0n) is 6.76. The summed E-state index contributed by atoms with van der Waals surface area (Å²) >= 11 is 3.08. The van der Waals surface area contributed by atoms with E-state index in [-0.39, 0.29) is 23.5 Å². The van der Waals surface area contributed by atoms with Crippen LogP contribution in [0.1, 0.15) is 16.8 Å². The number of benzene rings is 1. The molecule has 0 heterocycles. The van der Waals surface area contributed by atoms with E-state index in [1.165, 1.54) is 6.07 Å². The van der Waals surface area contributed by atoms with E-state index in [9.17, 15) is 9.18 Å². The van der Waals surface area contributed by atoms with Gasteiger partial charge in [0.2, 0.25) is 0 Å². The third-order valence-corrected chi connectivity index (χ3v) is 1.97. The maximum atomic E-state index is 13.0. The number of phenols is 1. The van der Waals surface area contributed by atoms with Gasteiger partial charge in [-0.05, 0) is 18.2 Å². The molecule has 4 heteroatoms.